The van der Waals surface area contributed by atoms with Gasteiger partial charge >= 0.3 is 0 Å². The molecule has 3 heterocycles. The van der Waals surface area contributed by atoms with E-state index in [1.165, 1.54) is 23.1 Å². The van der Waals surface area contributed by atoms with Crippen molar-refractivity contribution in [3.8, 4) is 0 Å². The van der Waals surface area contributed by atoms with Crippen LogP contribution in [-0.4, -0.2) is 109 Å². The number of hydrogen-bond donors (Lipinski definition) is 1. The van der Waals surface area contributed by atoms with Crippen molar-refractivity contribution in [2.24, 2.45) is 5.92 Å². The molecule has 4 rings (SSSR count). The number of para-hydroxylation sites is 1. The summed E-state index contributed by atoms with van der Waals surface area (Å²) in [6.07, 6.45) is 1.03. The quantitative estimate of drug-likeness (QED) is 0.519. The second kappa shape index (κ2) is 12.9. The first-order valence-corrected chi connectivity index (χ1v) is 13.6. The van der Waals surface area contributed by atoms with Crippen molar-refractivity contribution in [3.05, 3.63) is 47.2 Å². The zero-order valence-electron chi connectivity index (χ0n) is 22.9. The Morgan fingerprint density at radius 2 is 1.65 bits per heavy atom. The summed E-state index contributed by atoms with van der Waals surface area (Å²) in [5.74, 6) is 0.989. The molecule has 2 fully saturated rings. The van der Waals surface area contributed by atoms with E-state index in [-0.39, 0.29) is 5.91 Å². The number of rotatable bonds is 10. The van der Waals surface area contributed by atoms with Gasteiger partial charge in [0.25, 0.3) is 5.91 Å². The molecule has 1 atom stereocenters. The lowest BCUT2D eigenvalue weighted by Crippen LogP contribution is -2.49. The maximum Gasteiger partial charge on any atom is 0.275 e. The monoisotopic (exact) mass is 513 g/mol. The second-order valence-electron chi connectivity index (χ2n) is 10.8. The predicted molar refractivity (Wildman–Crippen MR) is 144 cm³/mol. The third-order valence-corrected chi connectivity index (χ3v) is 7.15. The van der Waals surface area contributed by atoms with E-state index in [1.54, 1.807) is 0 Å². The van der Waals surface area contributed by atoms with Crippen LogP contribution in [-0.2, 0) is 11.3 Å². The summed E-state index contributed by atoms with van der Waals surface area (Å²) in [6, 6.07) is 6.37. The molecule has 1 amide bonds. The lowest BCUT2D eigenvalue weighted by atomic mass is 10.1. The molecule has 0 unspecified atom stereocenters. The van der Waals surface area contributed by atoms with Gasteiger partial charge in [-0.1, -0.05) is 32.0 Å². The standard InChI is InChI=1S/C28H43N5O4/c1-21(2)18-36-19-24(34)16-30-8-10-31(11-9-30)17-26-29-25(20-37-26)28(35)33-14-12-32(13-15-33)27-22(3)6-5-7-23(27)4/h5-7,20-21,24,34H,8-19H2,1-4H3/t24-/m1/s1. The summed E-state index contributed by atoms with van der Waals surface area (Å²) in [7, 11) is 0. The van der Waals surface area contributed by atoms with E-state index in [0.29, 0.717) is 56.9 Å². The minimum absolute atomic E-state index is 0.0605. The molecule has 2 aromatic rings. The van der Waals surface area contributed by atoms with Crippen LogP contribution in [0.3, 0.4) is 0 Å². The first-order chi connectivity index (χ1) is 17.8. The highest BCUT2D eigenvalue weighted by Gasteiger charge is 2.26. The van der Waals surface area contributed by atoms with Crippen molar-refractivity contribution >= 4 is 11.6 Å². The Morgan fingerprint density at radius 3 is 2.30 bits per heavy atom. The van der Waals surface area contributed by atoms with E-state index < -0.39 is 6.10 Å². The normalized spacial score (nSPS) is 18.5. The van der Waals surface area contributed by atoms with Crippen molar-refractivity contribution in [2.45, 2.75) is 40.3 Å². The van der Waals surface area contributed by atoms with Crippen molar-refractivity contribution < 1.29 is 19.1 Å². The van der Waals surface area contributed by atoms with Crippen molar-refractivity contribution in [3.63, 3.8) is 0 Å². The van der Waals surface area contributed by atoms with E-state index in [1.807, 2.05) is 4.90 Å². The van der Waals surface area contributed by atoms with Gasteiger partial charge in [0.1, 0.15) is 6.26 Å². The molecule has 1 N–H and O–H groups in total. The molecule has 2 aliphatic heterocycles. The zero-order chi connectivity index (χ0) is 26.4. The van der Waals surface area contributed by atoms with Gasteiger partial charge in [0.2, 0.25) is 5.89 Å². The molecule has 0 spiro atoms. The van der Waals surface area contributed by atoms with Crippen LogP contribution in [0.15, 0.2) is 28.9 Å². The Hall–Kier alpha value is -2.46. The molecule has 1 aromatic heterocycles. The number of anilines is 1. The van der Waals surface area contributed by atoms with Gasteiger partial charge in [-0.25, -0.2) is 4.98 Å². The summed E-state index contributed by atoms with van der Waals surface area (Å²) in [4.78, 5) is 26.4. The van der Waals surface area contributed by atoms with Crippen molar-refractivity contribution in [2.75, 3.05) is 77.0 Å². The number of amides is 1. The zero-order valence-corrected chi connectivity index (χ0v) is 22.9. The number of piperazine rings is 2. The van der Waals surface area contributed by atoms with Gasteiger partial charge < -0.3 is 24.1 Å². The smallest absolute Gasteiger partial charge is 0.275 e. The molecule has 0 radical (unpaired) electrons. The van der Waals surface area contributed by atoms with Gasteiger partial charge in [0, 0.05) is 71.2 Å². The number of carbonyl (C=O) groups excluding carboxylic acids is 1. The highest BCUT2D eigenvalue weighted by molar-refractivity contribution is 5.92. The molecule has 9 heteroatoms. The number of aryl methyl sites for hydroxylation is 2. The molecule has 0 saturated carbocycles. The number of ether oxygens (including phenoxy) is 1. The van der Waals surface area contributed by atoms with Gasteiger partial charge in [0.05, 0.1) is 19.3 Å². The number of β-amino-alcohol motifs (C(OH)–C–C–N with tert-alkyl or cyclic N) is 1. The summed E-state index contributed by atoms with van der Waals surface area (Å²) < 4.78 is 11.2. The molecule has 2 aliphatic rings. The van der Waals surface area contributed by atoms with Crippen molar-refractivity contribution in [1.29, 1.82) is 0 Å². The Kier molecular flexibility index (Phi) is 9.59. The number of nitrogens with zero attached hydrogens (tertiary/aromatic N) is 5. The minimum atomic E-state index is -0.465. The number of oxazole rings is 1. The van der Waals surface area contributed by atoms with E-state index in [9.17, 15) is 9.90 Å². The number of aliphatic hydroxyl groups excluding tert-OH is 1. The molecular weight excluding hydrogens is 470 g/mol. The van der Waals surface area contributed by atoms with Crippen LogP contribution in [0.1, 0.15) is 41.4 Å². The van der Waals surface area contributed by atoms with E-state index in [2.05, 4.69) is 65.6 Å². The lowest BCUT2D eigenvalue weighted by Gasteiger charge is -2.37. The first-order valence-electron chi connectivity index (χ1n) is 13.6. The molecular formula is C28H43N5O4. The van der Waals surface area contributed by atoms with Gasteiger partial charge in [-0.05, 0) is 30.9 Å². The fraction of sp³-hybridized carbons (Fsp3) is 0.643. The Morgan fingerprint density at radius 1 is 1.00 bits per heavy atom. The summed E-state index contributed by atoms with van der Waals surface area (Å²) >= 11 is 0. The maximum absolute atomic E-state index is 13.1. The lowest BCUT2D eigenvalue weighted by molar-refractivity contribution is -0.000850. The van der Waals surface area contributed by atoms with Crippen LogP contribution >= 0.6 is 0 Å². The third kappa shape index (κ3) is 7.54. The van der Waals surface area contributed by atoms with Gasteiger partial charge in [-0.15, -0.1) is 0 Å². The summed E-state index contributed by atoms with van der Waals surface area (Å²) in [6.45, 7) is 17.2. The number of benzene rings is 1. The largest absolute Gasteiger partial charge is 0.447 e. The average Bonchev–Trinajstić information content (AvgIpc) is 3.33. The van der Waals surface area contributed by atoms with Crippen LogP contribution < -0.4 is 4.90 Å². The molecule has 204 valence electrons. The molecule has 2 saturated heterocycles. The van der Waals surface area contributed by atoms with E-state index in [0.717, 1.165) is 39.3 Å². The van der Waals surface area contributed by atoms with E-state index >= 15 is 0 Å². The van der Waals surface area contributed by atoms with Crippen LogP contribution in [0, 0.1) is 19.8 Å². The highest BCUT2D eigenvalue weighted by atomic mass is 16.5. The van der Waals surface area contributed by atoms with E-state index in [4.69, 9.17) is 9.15 Å². The fourth-order valence-electron chi connectivity index (χ4n) is 5.19. The Balaban J connectivity index is 1.20. The molecule has 37 heavy (non-hydrogen) atoms. The molecule has 9 nitrogen and oxygen atoms in total. The number of aliphatic hydroxyl groups is 1. The topological polar surface area (TPSA) is 85.5 Å². The minimum Gasteiger partial charge on any atom is -0.447 e. The Labute approximate surface area is 221 Å². The van der Waals surface area contributed by atoms with Crippen LogP contribution in [0.25, 0.3) is 0 Å². The van der Waals surface area contributed by atoms with Crippen LogP contribution in [0.5, 0.6) is 0 Å². The molecule has 0 aliphatic carbocycles. The maximum atomic E-state index is 13.1. The van der Waals surface area contributed by atoms with Crippen LogP contribution in [0.4, 0.5) is 5.69 Å². The summed E-state index contributed by atoms with van der Waals surface area (Å²) in [5.41, 5.74) is 4.22. The number of hydrogen-bond acceptors (Lipinski definition) is 8. The Bertz CT molecular complexity index is 990. The predicted octanol–water partition coefficient (Wildman–Crippen LogP) is 2.40. The third-order valence-electron chi connectivity index (χ3n) is 7.15. The molecule has 0 bridgehead atoms. The average molecular weight is 514 g/mol. The van der Waals surface area contributed by atoms with Gasteiger partial charge in [0.15, 0.2) is 5.69 Å². The van der Waals surface area contributed by atoms with Crippen LogP contribution in [0.2, 0.25) is 0 Å². The fourth-order valence-corrected chi connectivity index (χ4v) is 5.19. The summed E-state index contributed by atoms with van der Waals surface area (Å²) in [5, 5.41) is 10.2. The number of aromatic nitrogens is 1. The second-order valence-corrected chi connectivity index (χ2v) is 10.8. The van der Waals surface area contributed by atoms with Gasteiger partial charge in [-0.3, -0.25) is 14.6 Å². The van der Waals surface area contributed by atoms with Crippen molar-refractivity contribution in [1.82, 2.24) is 19.7 Å². The van der Waals surface area contributed by atoms with Gasteiger partial charge in [-0.2, -0.15) is 0 Å². The SMILES string of the molecule is Cc1cccc(C)c1N1CCN(C(=O)c2coc(CN3CCN(C[C@@H](O)COCC(C)C)CC3)n2)CC1. The molecule has 1 aromatic carbocycles. The highest BCUT2D eigenvalue weighted by Crippen LogP contribution is 2.26. The first kappa shape index (κ1) is 27.6. The number of carbonyl (C=O) groups is 1.